The van der Waals surface area contributed by atoms with E-state index in [4.69, 9.17) is 4.42 Å². The summed E-state index contributed by atoms with van der Waals surface area (Å²) in [6.45, 7) is 4.35. The summed E-state index contributed by atoms with van der Waals surface area (Å²) in [4.78, 5) is 16.5. The molecule has 138 valence electrons. The standard InChI is InChI=1S/C18H22N4O2S2/c1-2-9-22(12-16(23)19-8-7-14-5-3-10-25-14)13-17-20-21-18(24-17)15-6-4-11-26-15/h3-6,10-11H,2,7-9,12-13H2,1H3,(H,19,23). The number of carbonyl (C=O) groups excluding carboxylic acids is 1. The molecule has 0 aromatic carbocycles. The molecule has 0 radical (unpaired) electrons. The molecular weight excluding hydrogens is 368 g/mol. The Morgan fingerprint density at radius 2 is 2.08 bits per heavy atom. The van der Waals surface area contributed by atoms with Crippen LogP contribution in [0.25, 0.3) is 10.8 Å². The summed E-state index contributed by atoms with van der Waals surface area (Å²) in [5.74, 6) is 1.09. The maximum Gasteiger partial charge on any atom is 0.257 e. The van der Waals surface area contributed by atoms with Crippen LogP contribution in [0.2, 0.25) is 0 Å². The number of hydrogen-bond acceptors (Lipinski definition) is 7. The van der Waals surface area contributed by atoms with Gasteiger partial charge in [0.1, 0.15) is 0 Å². The lowest BCUT2D eigenvalue weighted by Gasteiger charge is -2.19. The van der Waals surface area contributed by atoms with E-state index in [1.165, 1.54) is 4.88 Å². The third-order valence-electron chi connectivity index (χ3n) is 3.74. The van der Waals surface area contributed by atoms with Gasteiger partial charge < -0.3 is 9.73 Å². The molecule has 0 atom stereocenters. The van der Waals surface area contributed by atoms with E-state index in [1.54, 1.807) is 22.7 Å². The fourth-order valence-corrected chi connectivity index (χ4v) is 3.93. The minimum absolute atomic E-state index is 0.0213. The van der Waals surface area contributed by atoms with Gasteiger partial charge >= 0.3 is 0 Å². The molecule has 3 heterocycles. The first kappa shape index (κ1) is 18.8. The molecule has 0 aliphatic heterocycles. The Balaban J connectivity index is 1.49. The smallest absolute Gasteiger partial charge is 0.257 e. The first-order chi connectivity index (χ1) is 12.7. The number of thiophene rings is 2. The Morgan fingerprint density at radius 1 is 1.23 bits per heavy atom. The summed E-state index contributed by atoms with van der Waals surface area (Å²) >= 11 is 3.27. The van der Waals surface area contributed by atoms with Crippen LogP contribution in [0.4, 0.5) is 0 Å². The molecule has 8 heteroatoms. The number of aromatic nitrogens is 2. The van der Waals surface area contributed by atoms with Crippen LogP contribution >= 0.6 is 22.7 Å². The van der Waals surface area contributed by atoms with Gasteiger partial charge in [0, 0.05) is 11.4 Å². The molecular formula is C18H22N4O2S2. The summed E-state index contributed by atoms with van der Waals surface area (Å²) in [5, 5.41) is 15.2. The molecule has 1 N–H and O–H groups in total. The Bertz CT molecular complexity index is 784. The molecule has 3 aromatic rings. The van der Waals surface area contributed by atoms with Gasteiger partial charge in [-0.1, -0.05) is 19.1 Å². The van der Waals surface area contributed by atoms with Gasteiger partial charge in [-0.25, -0.2) is 0 Å². The van der Waals surface area contributed by atoms with Crippen molar-refractivity contribution in [3.8, 4) is 10.8 Å². The van der Waals surface area contributed by atoms with Crippen LogP contribution in [0.5, 0.6) is 0 Å². The predicted molar refractivity (Wildman–Crippen MR) is 104 cm³/mol. The fourth-order valence-electron chi connectivity index (χ4n) is 2.58. The van der Waals surface area contributed by atoms with Gasteiger partial charge in [-0.3, -0.25) is 9.69 Å². The molecule has 0 saturated heterocycles. The van der Waals surface area contributed by atoms with Crippen LogP contribution in [0.3, 0.4) is 0 Å². The van der Waals surface area contributed by atoms with E-state index in [0.29, 0.717) is 31.4 Å². The molecule has 0 fully saturated rings. The second-order valence-electron chi connectivity index (χ2n) is 5.87. The van der Waals surface area contributed by atoms with E-state index in [9.17, 15) is 4.79 Å². The predicted octanol–water partition coefficient (Wildman–Crippen LogP) is 3.43. The zero-order chi connectivity index (χ0) is 18.2. The van der Waals surface area contributed by atoms with Gasteiger partial charge in [0.2, 0.25) is 11.8 Å². The molecule has 0 aliphatic carbocycles. The van der Waals surface area contributed by atoms with E-state index in [2.05, 4.69) is 33.9 Å². The molecule has 0 bridgehead atoms. The zero-order valence-corrected chi connectivity index (χ0v) is 16.3. The van der Waals surface area contributed by atoms with Gasteiger partial charge in [0.15, 0.2) is 0 Å². The highest BCUT2D eigenvalue weighted by atomic mass is 32.1. The topological polar surface area (TPSA) is 71.3 Å². The Kier molecular flexibility index (Phi) is 6.93. The molecule has 0 aliphatic rings. The van der Waals surface area contributed by atoms with Crippen LogP contribution in [0.1, 0.15) is 24.1 Å². The normalized spacial score (nSPS) is 11.2. The lowest BCUT2D eigenvalue weighted by molar-refractivity contribution is -0.122. The highest BCUT2D eigenvalue weighted by Crippen LogP contribution is 2.23. The second-order valence-corrected chi connectivity index (χ2v) is 7.85. The van der Waals surface area contributed by atoms with Crippen LogP contribution < -0.4 is 5.32 Å². The summed E-state index contributed by atoms with van der Waals surface area (Å²) < 4.78 is 5.73. The molecule has 3 aromatic heterocycles. The van der Waals surface area contributed by atoms with Crippen molar-refractivity contribution in [1.82, 2.24) is 20.4 Å². The number of amides is 1. The molecule has 0 spiro atoms. The third kappa shape index (κ3) is 5.48. The van der Waals surface area contributed by atoms with E-state index in [-0.39, 0.29) is 5.91 Å². The highest BCUT2D eigenvalue weighted by Gasteiger charge is 2.15. The molecule has 3 rings (SSSR count). The van der Waals surface area contributed by atoms with Gasteiger partial charge in [0.25, 0.3) is 5.89 Å². The lowest BCUT2D eigenvalue weighted by atomic mass is 10.3. The maximum atomic E-state index is 12.2. The SMILES string of the molecule is CCCN(CC(=O)NCCc1cccs1)Cc1nnc(-c2cccs2)o1. The van der Waals surface area contributed by atoms with E-state index in [0.717, 1.165) is 24.3 Å². The zero-order valence-electron chi connectivity index (χ0n) is 14.7. The summed E-state index contributed by atoms with van der Waals surface area (Å²) in [5.41, 5.74) is 0. The maximum absolute atomic E-state index is 12.2. The average molecular weight is 391 g/mol. The monoisotopic (exact) mass is 390 g/mol. The van der Waals surface area contributed by atoms with Crippen LogP contribution in [-0.4, -0.2) is 40.6 Å². The van der Waals surface area contributed by atoms with Crippen molar-refractivity contribution in [2.45, 2.75) is 26.3 Å². The third-order valence-corrected chi connectivity index (χ3v) is 5.53. The van der Waals surface area contributed by atoms with Gasteiger partial charge in [0.05, 0.1) is 18.0 Å². The van der Waals surface area contributed by atoms with Crippen molar-refractivity contribution in [2.24, 2.45) is 0 Å². The Labute approximate surface area is 160 Å². The van der Waals surface area contributed by atoms with Crippen molar-refractivity contribution in [3.05, 3.63) is 45.8 Å². The number of carbonyl (C=O) groups is 1. The van der Waals surface area contributed by atoms with Crippen LogP contribution in [0, 0.1) is 0 Å². The summed E-state index contributed by atoms with van der Waals surface area (Å²) in [7, 11) is 0. The van der Waals surface area contributed by atoms with Gasteiger partial charge in [-0.2, -0.15) is 0 Å². The first-order valence-corrected chi connectivity index (χ1v) is 10.4. The Hall–Kier alpha value is -2.03. The number of nitrogens with one attached hydrogen (secondary N) is 1. The number of nitrogens with zero attached hydrogens (tertiary/aromatic N) is 3. The van der Waals surface area contributed by atoms with E-state index in [1.807, 2.05) is 28.5 Å². The average Bonchev–Trinajstić information content (AvgIpc) is 3.37. The van der Waals surface area contributed by atoms with Crippen molar-refractivity contribution in [1.29, 1.82) is 0 Å². The largest absolute Gasteiger partial charge is 0.419 e. The Morgan fingerprint density at radius 3 is 2.81 bits per heavy atom. The molecule has 6 nitrogen and oxygen atoms in total. The van der Waals surface area contributed by atoms with E-state index < -0.39 is 0 Å². The highest BCUT2D eigenvalue weighted by molar-refractivity contribution is 7.13. The fraction of sp³-hybridized carbons (Fsp3) is 0.389. The van der Waals surface area contributed by atoms with Crippen LogP contribution in [0.15, 0.2) is 39.4 Å². The first-order valence-electron chi connectivity index (χ1n) is 8.62. The van der Waals surface area contributed by atoms with Gasteiger partial charge in [-0.15, -0.1) is 32.9 Å². The number of rotatable bonds is 10. The number of hydrogen-bond donors (Lipinski definition) is 1. The van der Waals surface area contributed by atoms with Crippen LogP contribution in [-0.2, 0) is 17.8 Å². The quantitative estimate of drug-likeness (QED) is 0.574. The van der Waals surface area contributed by atoms with Crippen molar-refractivity contribution < 1.29 is 9.21 Å². The van der Waals surface area contributed by atoms with Crippen molar-refractivity contribution in [3.63, 3.8) is 0 Å². The van der Waals surface area contributed by atoms with E-state index >= 15 is 0 Å². The second kappa shape index (κ2) is 9.61. The molecule has 26 heavy (non-hydrogen) atoms. The molecule has 0 saturated carbocycles. The van der Waals surface area contributed by atoms with Crippen molar-refractivity contribution >= 4 is 28.6 Å². The lowest BCUT2D eigenvalue weighted by Crippen LogP contribution is -2.38. The minimum atomic E-state index is 0.0213. The molecule has 0 unspecified atom stereocenters. The van der Waals surface area contributed by atoms with Crippen molar-refractivity contribution in [2.75, 3.05) is 19.6 Å². The molecule has 1 amide bonds. The minimum Gasteiger partial charge on any atom is -0.419 e. The summed E-state index contributed by atoms with van der Waals surface area (Å²) in [6, 6.07) is 8.02. The van der Waals surface area contributed by atoms with Gasteiger partial charge in [-0.05, 0) is 42.3 Å². The summed E-state index contributed by atoms with van der Waals surface area (Å²) in [6.07, 6.45) is 1.82.